The molecule has 27 heavy (non-hydrogen) atoms. The highest BCUT2D eigenvalue weighted by atomic mass is 32.2. The second kappa shape index (κ2) is 7.77. The van der Waals surface area contributed by atoms with Crippen LogP contribution < -0.4 is 25.2 Å². The highest BCUT2D eigenvalue weighted by molar-refractivity contribution is 7.96. The molecule has 0 radical (unpaired) electrons. The topological polar surface area (TPSA) is 128 Å². The van der Waals surface area contributed by atoms with Gasteiger partial charge in [-0.3, -0.25) is 4.90 Å². The minimum atomic E-state index is -4.00. The Morgan fingerprint density at radius 3 is 2.52 bits per heavy atom. The number of nitrogens with two attached hydrogens (primary N) is 2. The molecule has 1 aliphatic heterocycles. The molecule has 1 unspecified atom stereocenters. The maximum Gasteiger partial charge on any atom is 0.364 e. The van der Waals surface area contributed by atoms with Gasteiger partial charge in [0, 0.05) is 18.7 Å². The first-order valence-corrected chi connectivity index (χ1v) is 11.0. The lowest BCUT2D eigenvalue weighted by atomic mass is 10.2. The SMILES string of the molecule is COc1cc2c(cc1S(N)(=O)=O)[S+](c1ccccc1)NC(=O)N2CCCN. The Kier molecular flexibility index (Phi) is 5.61. The van der Waals surface area contributed by atoms with Crippen LogP contribution in [0.3, 0.4) is 0 Å². The van der Waals surface area contributed by atoms with Crippen molar-refractivity contribution in [3.05, 3.63) is 42.5 Å². The van der Waals surface area contributed by atoms with E-state index in [1.54, 1.807) is 11.0 Å². The van der Waals surface area contributed by atoms with Gasteiger partial charge in [0.25, 0.3) is 0 Å². The molecule has 0 fully saturated rings. The number of sulfonamides is 1. The van der Waals surface area contributed by atoms with Crippen LogP contribution in [0.1, 0.15) is 6.42 Å². The summed E-state index contributed by atoms with van der Waals surface area (Å²) in [6.45, 7) is 0.828. The molecule has 2 aromatic rings. The van der Waals surface area contributed by atoms with Crippen LogP contribution in [0, 0.1) is 0 Å². The van der Waals surface area contributed by atoms with E-state index in [-0.39, 0.29) is 16.7 Å². The Balaban J connectivity index is 2.23. The number of urea groups is 1. The van der Waals surface area contributed by atoms with Crippen LogP contribution in [-0.2, 0) is 21.1 Å². The van der Waals surface area contributed by atoms with Gasteiger partial charge in [-0.15, -0.1) is 4.72 Å². The van der Waals surface area contributed by atoms with E-state index in [0.717, 1.165) is 4.90 Å². The lowest BCUT2D eigenvalue weighted by Gasteiger charge is -2.29. The van der Waals surface area contributed by atoms with Crippen molar-refractivity contribution in [1.29, 1.82) is 0 Å². The van der Waals surface area contributed by atoms with Crippen LogP contribution in [0.4, 0.5) is 10.5 Å². The fraction of sp³-hybridized carbons (Fsp3) is 0.235. The molecule has 5 N–H and O–H groups in total. The van der Waals surface area contributed by atoms with E-state index in [2.05, 4.69) is 4.72 Å². The number of carbonyl (C=O) groups is 1. The number of methoxy groups -OCH3 is 1. The third-order valence-corrected chi connectivity index (χ3v) is 6.88. The van der Waals surface area contributed by atoms with E-state index in [1.165, 1.54) is 13.2 Å². The number of rotatable bonds is 6. The molecule has 0 aromatic heterocycles. The Hall–Kier alpha value is -2.27. The van der Waals surface area contributed by atoms with Crippen molar-refractivity contribution in [2.24, 2.45) is 10.9 Å². The van der Waals surface area contributed by atoms with Crippen molar-refractivity contribution in [3.63, 3.8) is 0 Å². The zero-order valence-electron chi connectivity index (χ0n) is 14.7. The standard InChI is InChI=1S/C17H20N4O4S2/c1-25-14-10-13-15(11-16(14)27(19,23)24)26(12-6-3-2-4-7-12)20-17(22)21(13)9-5-8-18/h2-4,6-7,10-11H,5,8-9,18H2,1H3,(H2-,19,20,22,23,24)/p+1. The van der Waals surface area contributed by atoms with Gasteiger partial charge in [0.2, 0.25) is 14.9 Å². The molecule has 0 bridgehead atoms. The molecule has 0 spiro atoms. The monoisotopic (exact) mass is 409 g/mol. The molecule has 2 aromatic carbocycles. The van der Waals surface area contributed by atoms with Crippen molar-refractivity contribution in [2.45, 2.75) is 21.1 Å². The third-order valence-electron chi connectivity index (χ3n) is 4.06. The molecular weight excluding hydrogens is 388 g/mol. The summed E-state index contributed by atoms with van der Waals surface area (Å²) < 4.78 is 32.3. The van der Waals surface area contributed by atoms with Crippen molar-refractivity contribution >= 4 is 32.8 Å². The van der Waals surface area contributed by atoms with Gasteiger partial charge in [-0.25, -0.2) is 18.4 Å². The number of nitrogens with one attached hydrogen (secondary N) is 1. The van der Waals surface area contributed by atoms with Crippen LogP contribution in [-0.4, -0.2) is 34.6 Å². The molecule has 0 saturated heterocycles. The molecule has 0 aliphatic carbocycles. The number of carbonyl (C=O) groups excluding carboxylic acids is 1. The Labute approximate surface area is 161 Å². The number of benzene rings is 2. The van der Waals surface area contributed by atoms with Crippen molar-refractivity contribution < 1.29 is 17.9 Å². The highest BCUT2D eigenvalue weighted by Crippen LogP contribution is 2.40. The Morgan fingerprint density at radius 2 is 1.93 bits per heavy atom. The zero-order valence-corrected chi connectivity index (χ0v) is 16.3. The van der Waals surface area contributed by atoms with E-state index >= 15 is 0 Å². The normalized spacial score (nSPS) is 16.6. The maximum absolute atomic E-state index is 12.7. The number of anilines is 1. The van der Waals surface area contributed by atoms with Gasteiger partial charge in [-0.2, -0.15) is 0 Å². The number of ether oxygens (including phenoxy) is 1. The Bertz CT molecular complexity index is 951. The van der Waals surface area contributed by atoms with Gasteiger partial charge >= 0.3 is 6.03 Å². The number of nitrogens with zero attached hydrogens (tertiary/aromatic N) is 1. The molecule has 8 nitrogen and oxygen atoms in total. The van der Waals surface area contributed by atoms with Crippen LogP contribution in [0.2, 0.25) is 0 Å². The molecule has 144 valence electrons. The summed E-state index contributed by atoms with van der Waals surface area (Å²) in [5, 5.41) is 5.37. The minimum Gasteiger partial charge on any atom is -0.495 e. The largest absolute Gasteiger partial charge is 0.495 e. The first kappa shape index (κ1) is 19.5. The van der Waals surface area contributed by atoms with Gasteiger partial charge in [0.15, 0.2) is 16.0 Å². The third kappa shape index (κ3) is 3.88. The minimum absolute atomic E-state index is 0.0975. The van der Waals surface area contributed by atoms with Crippen molar-refractivity contribution in [3.8, 4) is 5.75 Å². The van der Waals surface area contributed by atoms with Gasteiger partial charge in [0.05, 0.1) is 7.11 Å². The summed E-state index contributed by atoms with van der Waals surface area (Å²) in [5.74, 6) is 0.0975. The molecule has 1 aliphatic rings. The Morgan fingerprint density at radius 1 is 1.22 bits per heavy atom. The smallest absolute Gasteiger partial charge is 0.364 e. The van der Waals surface area contributed by atoms with Crippen LogP contribution >= 0.6 is 0 Å². The summed E-state index contributed by atoms with van der Waals surface area (Å²) in [6.07, 6.45) is 0.602. The molecule has 1 heterocycles. The lowest BCUT2D eigenvalue weighted by Crippen LogP contribution is -2.48. The average molecular weight is 410 g/mol. The number of hydrogen-bond donors (Lipinski definition) is 3. The summed E-state index contributed by atoms with van der Waals surface area (Å²) >= 11 is -0.843. The molecule has 2 amide bonds. The zero-order chi connectivity index (χ0) is 19.6. The number of hydrogen-bond acceptors (Lipinski definition) is 5. The van der Waals surface area contributed by atoms with Crippen LogP contribution in [0.15, 0.2) is 57.2 Å². The summed E-state index contributed by atoms with van der Waals surface area (Å²) in [4.78, 5) is 15.7. The molecule has 3 rings (SSSR count). The van der Waals surface area contributed by atoms with Gasteiger partial charge < -0.3 is 10.5 Å². The molecule has 1 atom stereocenters. The van der Waals surface area contributed by atoms with Gasteiger partial charge in [-0.05, 0) is 25.1 Å². The predicted octanol–water partition coefficient (Wildman–Crippen LogP) is 1.17. The maximum atomic E-state index is 12.7. The van der Waals surface area contributed by atoms with Gasteiger partial charge in [-0.1, -0.05) is 18.2 Å². The number of fused-ring (bicyclic) bond motifs is 1. The first-order valence-electron chi connectivity index (χ1n) is 8.19. The highest BCUT2D eigenvalue weighted by Gasteiger charge is 2.42. The fourth-order valence-electron chi connectivity index (χ4n) is 2.81. The van der Waals surface area contributed by atoms with Crippen LogP contribution in [0.5, 0.6) is 5.75 Å². The van der Waals surface area contributed by atoms with E-state index < -0.39 is 21.1 Å². The van der Waals surface area contributed by atoms with E-state index in [9.17, 15) is 13.2 Å². The quantitative estimate of drug-likeness (QED) is 0.617. The predicted molar refractivity (Wildman–Crippen MR) is 104 cm³/mol. The molecular formula is C17H21N4O4S2+. The average Bonchev–Trinajstić information content (AvgIpc) is 2.65. The second-order valence-corrected chi connectivity index (χ2v) is 9.09. The van der Waals surface area contributed by atoms with Crippen molar-refractivity contribution in [1.82, 2.24) is 4.72 Å². The number of amides is 2. The summed E-state index contributed by atoms with van der Waals surface area (Å²) in [5.41, 5.74) is 6.18. The van der Waals surface area contributed by atoms with Crippen molar-refractivity contribution in [2.75, 3.05) is 25.1 Å². The summed E-state index contributed by atoms with van der Waals surface area (Å²) in [6, 6.07) is 12.1. The van der Waals surface area contributed by atoms with E-state index in [4.69, 9.17) is 15.6 Å². The summed E-state index contributed by atoms with van der Waals surface area (Å²) in [7, 11) is -2.64. The van der Waals surface area contributed by atoms with E-state index in [1.807, 2.05) is 30.3 Å². The second-order valence-electron chi connectivity index (χ2n) is 5.84. The van der Waals surface area contributed by atoms with E-state index in [0.29, 0.717) is 30.1 Å². The molecule has 0 saturated carbocycles. The lowest BCUT2D eigenvalue weighted by molar-refractivity contribution is 0.251. The van der Waals surface area contributed by atoms with Crippen LogP contribution in [0.25, 0.3) is 0 Å². The molecule has 10 heteroatoms. The van der Waals surface area contributed by atoms with Gasteiger partial charge in [0.1, 0.15) is 16.3 Å². The first-order chi connectivity index (χ1) is 12.9. The number of primary sulfonamides is 1. The fourth-order valence-corrected chi connectivity index (χ4v) is 5.40.